The number of aromatic nitrogens is 1. The summed E-state index contributed by atoms with van der Waals surface area (Å²) in [5, 5.41) is 14.0. The van der Waals surface area contributed by atoms with Crippen molar-refractivity contribution < 1.29 is 9.66 Å². The number of nitro groups is 1. The van der Waals surface area contributed by atoms with E-state index in [9.17, 15) is 10.1 Å². The maximum Gasteiger partial charge on any atom is 0.279 e. The molecule has 1 aromatic rings. The van der Waals surface area contributed by atoms with Crippen LogP contribution in [-0.4, -0.2) is 29.1 Å². The lowest BCUT2D eigenvalue weighted by Crippen LogP contribution is -2.24. The van der Waals surface area contributed by atoms with E-state index in [1.165, 1.54) is 12.3 Å². The Hall–Kier alpha value is -1.69. The van der Waals surface area contributed by atoms with Gasteiger partial charge in [0, 0.05) is 17.8 Å². The summed E-state index contributed by atoms with van der Waals surface area (Å²) >= 11 is 0. The molecule has 0 atom stereocenters. The van der Waals surface area contributed by atoms with E-state index in [-0.39, 0.29) is 5.69 Å². The quantitative estimate of drug-likeness (QED) is 0.457. The Kier molecular flexibility index (Phi) is 5.51. The summed E-state index contributed by atoms with van der Waals surface area (Å²) < 4.78 is 5.38. The lowest BCUT2D eigenvalue weighted by molar-refractivity contribution is -0.385. The zero-order valence-corrected chi connectivity index (χ0v) is 11.0. The highest BCUT2D eigenvalue weighted by Crippen LogP contribution is 2.21. The summed E-state index contributed by atoms with van der Waals surface area (Å²) in [7, 11) is 0. The molecule has 1 aromatic heterocycles. The fraction of sp³-hybridized carbons (Fsp3) is 0.583. The molecule has 6 heteroatoms. The van der Waals surface area contributed by atoms with Crippen LogP contribution < -0.4 is 10.1 Å². The largest absolute Gasteiger partial charge is 0.477 e. The van der Waals surface area contributed by atoms with Gasteiger partial charge in [-0.05, 0) is 19.9 Å². The Morgan fingerprint density at radius 2 is 2.28 bits per heavy atom. The van der Waals surface area contributed by atoms with Crippen LogP contribution in [0.3, 0.4) is 0 Å². The normalized spacial score (nSPS) is 10.7. The molecule has 0 aliphatic carbocycles. The lowest BCUT2D eigenvalue weighted by atomic mass is 10.2. The number of nitrogens with one attached hydrogen (secondary N) is 1. The van der Waals surface area contributed by atoms with Crippen LogP contribution in [0.1, 0.15) is 25.8 Å². The first-order valence-electron chi connectivity index (χ1n) is 5.98. The fourth-order valence-electron chi connectivity index (χ4n) is 1.41. The number of aryl methyl sites for hydroxylation is 1. The molecule has 1 N–H and O–H groups in total. The van der Waals surface area contributed by atoms with Crippen LogP contribution in [0.15, 0.2) is 12.3 Å². The molecule has 0 unspecified atom stereocenters. The summed E-state index contributed by atoms with van der Waals surface area (Å²) in [6.45, 7) is 7.15. The highest BCUT2D eigenvalue weighted by molar-refractivity contribution is 5.40. The van der Waals surface area contributed by atoms with Crippen molar-refractivity contribution in [2.75, 3.05) is 13.2 Å². The smallest absolute Gasteiger partial charge is 0.279 e. The van der Waals surface area contributed by atoms with Crippen molar-refractivity contribution in [3.05, 3.63) is 27.9 Å². The van der Waals surface area contributed by atoms with E-state index in [0.29, 0.717) is 24.1 Å². The molecule has 0 fully saturated rings. The van der Waals surface area contributed by atoms with E-state index < -0.39 is 4.92 Å². The minimum absolute atomic E-state index is 0.0419. The molecule has 100 valence electrons. The molecule has 0 aliphatic rings. The van der Waals surface area contributed by atoms with E-state index >= 15 is 0 Å². The monoisotopic (exact) mass is 253 g/mol. The SMILES string of the molecule is Cc1cnc(OCCCNC(C)C)cc1[N+](=O)[O-]. The van der Waals surface area contributed by atoms with E-state index in [0.717, 1.165) is 13.0 Å². The third kappa shape index (κ3) is 4.67. The maximum absolute atomic E-state index is 10.7. The molecular formula is C12H19N3O3. The van der Waals surface area contributed by atoms with Gasteiger partial charge in [0.15, 0.2) is 0 Å². The average molecular weight is 253 g/mol. The highest BCUT2D eigenvalue weighted by atomic mass is 16.6. The predicted molar refractivity (Wildman–Crippen MR) is 68.9 cm³/mol. The third-order valence-corrected chi connectivity index (χ3v) is 2.37. The van der Waals surface area contributed by atoms with Crippen molar-refractivity contribution in [3.63, 3.8) is 0 Å². The van der Waals surface area contributed by atoms with Crippen LogP contribution in [0.25, 0.3) is 0 Å². The Labute approximate surface area is 107 Å². The third-order valence-electron chi connectivity index (χ3n) is 2.37. The molecule has 0 amide bonds. The molecule has 0 saturated heterocycles. The van der Waals surface area contributed by atoms with E-state index in [1.807, 2.05) is 0 Å². The molecular weight excluding hydrogens is 234 g/mol. The topological polar surface area (TPSA) is 77.3 Å². The van der Waals surface area contributed by atoms with Crippen molar-refractivity contribution in [1.82, 2.24) is 10.3 Å². The first-order chi connectivity index (χ1) is 8.50. The highest BCUT2D eigenvalue weighted by Gasteiger charge is 2.12. The van der Waals surface area contributed by atoms with Crippen molar-refractivity contribution in [2.45, 2.75) is 33.2 Å². The van der Waals surface area contributed by atoms with Crippen LogP contribution in [0.5, 0.6) is 5.88 Å². The number of ether oxygens (including phenoxy) is 1. The second-order valence-corrected chi connectivity index (χ2v) is 4.38. The Morgan fingerprint density at radius 1 is 1.56 bits per heavy atom. The van der Waals surface area contributed by atoms with Gasteiger partial charge in [-0.25, -0.2) is 4.98 Å². The second kappa shape index (κ2) is 6.90. The van der Waals surface area contributed by atoms with Gasteiger partial charge < -0.3 is 10.1 Å². The van der Waals surface area contributed by atoms with Gasteiger partial charge in [0.2, 0.25) is 5.88 Å². The van der Waals surface area contributed by atoms with Gasteiger partial charge in [0.1, 0.15) is 0 Å². The molecule has 18 heavy (non-hydrogen) atoms. The van der Waals surface area contributed by atoms with Gasteiger partial charge >= 0.3 is 0 Å². The number of hydrogen-bond acceptors (Lipinski definition) is 5. The number of hydrogen-bond donors (Lipinski definition) is 1. The first-order valence-corrected chi connectivity index (χ1v) is 5.98. The van der Waals surface area contributed by atoms with Crippen molar-refractivity contribution in [1.29, 1.82) is 0 Å². The minimum Gasteiger partial charge on any atom is -0.477 e. The number of nitrogens with zero attached hydrogens (tertiary/aromatic N) is 2. The van der Waals surface area contributed by atoms with Gasteiger partial charge in [-0.3, -0.25) is 10.1 Å². The van der Waals surface area contributed by atoms with Crippen LogP contribution in [0.4, 0.5) is 5.69 Å². The van der Waals surface area contributed by atoms with Gasteiger partial charge in [-0.1, -0.05) is 13.8 Å². The van der Waals surface area contributed by atoms with Crippen LogP contribution >= 0.6 is 0 Å². The zero-order chi connectivity index (χ0) is 13.5. The molecule has 1 rings (SSSR count). The zero-order valence-electron chi connectivity index (χ0n) is 11.0. The van der Waals surface area contributed by atoms with Crippen molar-refractivity contribution in [2.24, 2.45) is 0 Å². The molecule has 0 bridgehead atoms. The summed E-state index contributed by atoms with van der Waals surface area (Å²) in [6.07, 6.45) is 2.29. The van der Waals surface area contributed by atoms with Gasteiger partial charge in [-0.2, -0.15) is 0 Å². The van der Waals surface area contributed by atoms with E-state index in [1.54, 1.807) is 6.92 Å². The average Bonchev–Trinajstić information content (AvgIpc) is 2.30. The summed E-state index contributed by atoms with van der Waals surface area (Å²) in [5.74, 6) is 0.303. The Balaban J connectivity index is 2.43. The maximum atomic E-state index is 10.7. The van der Waals surface area contributed by atoms with Crippen LogP contribution in [0.2, 0.25) is 0 Å². The van der Waals surface area contributed by atoms with Gasteiger partial charge in [0.05, 0.1) is 17.6 Å². The summed E-state index contributed by atoms with van der Waals surface area (Å²) in [5.41, 5.74) is 0.578. The first kappa shape index (κ1) is 14.4. The fourth-order valence-corrected chi connectivity index (χ4v) is 1.41. The molecule has 0 radical (unpaired) electrons. The standard InChI is InChI=1S/C12H19N3O3/c1-9(2)13-5-4-6-18-12-7-11(15(16)17)10(3)8-14-12/h7-9,13H,4-6H2,1-3H3. The number of pyridine rings is 1. The molecule has 0 aromatic carbocycles. The van der Waals surface area contributed by atoms with Crippen molar-refractivity contribution in [3.8, 4) is 5.88 Å². The molecule has 6 nitrogen and oxygen atoms in total. The van der Waals surface area contributed by atoms with Gasteiger partial charge in [0.25, 0.3) is 5.69 Å². The molecule has 0 aliphatic heterocycles. The summed E-state index contributed by atoms with van der Waals surface area (Å²) in [6, 6.07) is 1.81. The lowest BCUT2D eigenvalue weighted by Gasteiger charge is -2.08. The van der Waals surface area contributed by atoms with E-state index in [2.05, 4.69) is 24.1 Å². The van der Waals surface area contributed by atoms with Crippen molar-refractivity contribution >= 4 is 5.69 Å². The Morgan fingerprint density at radius 3 is 2.89 bits per heavy atom. The van der Waals surface area contributed by atoms with Crippen LogP contribution in [-0.2, 0) is 0 Å². The molecule has 0 saturated carbocycles. The molecule has 0 spiro atoms. The second-order valence-electron chi connectivity index (χ2n) is 4.38. The van der Waals surface area contributed by atoms with Crippen LogP contribution in [0, 0.1) is 17.0 Å². The Bertz CT molecular complexity index is 408. The summed E-state index contributed by atoms with van der Waals surface area (Å²) in [4.78, 5) is 14.3. The van der Waals surface area contributed by atoms with E-state index in [4.69, 9.17) is 4.74 Å². The predicted octanol–water partition coefficient (Wildman–Crippen LogP) is 2.07. The minimum atomic E-state index is -0.426. The number of rotatable bonds is 7. The van der Waals surface area contributed by atoms with Gasteiger partial charge in [-0.15, -0.1) is 0 Å². The molecule has 1 heterocycles.